The van der Waals surface area contributed by atoms with Crippen LogP contribution in [0.2, 0.25) is 0 Å². The van der Waals surface area contributed by atoms with E-state index in [0.29, 0.717) is 19.2 Å². The van der Waals surface area contributed by atoms with Crippen LogP contribution in [-0.4, -0.2) is 69.9 Å². The Bertz CT molecular complexity index is 1670. The van der Waals surface area contributed by atoms with Crippen LogP contribution in [0.3, 0.4) is 0 Å². The highest BCUT2D eigenvalue weighted by atomic mass is 16.7. The molecule has 2 aromatic carbocycles. The molecule has 4 aromatic rings. The second-order valence-electron chi connectivity index (χ2n) is 13.9. The van der Waals surface area contributed by atoms with E-state index in [0.717, 1.165) is 40.1 Å². The van der Waals surface area contributed by atoms with Crippen LogP contribution in [0.15, 0.2) is 48.8 Å². The number of hydrogen-bond acceptors (Lipinski definition) is 7. The maximum Gasteiger partial charge on any atom is 0.494 e. The second kappa shape index (κ2) is 10.2. The van der Waals surface area contributed by atoms with Crippen molar-refractivity contribution in [2.24, 2.45) is 0 Å². The molecule has 11 heteroatoms. The summed E-state index contributed by atoms with van der Waals surface area (Å²) in [5.41, 5.74) is 2.13. The normalized spacial score (nSPS) is 26.8. The Hall–Kier alpha value is -2.69. The Labute approximate surface area is 254 Å². The van der Waals surface area contributed by atoms with Gasteiger partial charge in [0.15, 0.2) is 0 Å². The molecule has 0 radical (unpaired) electrons. The first-order valence-electron chi connectivity index (χ1n) is 15.5. The molecule has 0 N–H and O–H groups in total. The fraction of sp³-hybridized carbons (Fsp3) is 0.562. The number of ether oxygens (including phenoxy) is 1. The number of methoxy groups -OCH3 is 1. The first-order chi connectivity index (χ1) is 20.4. The van der Waals surface area contributed by atoms with E-state index in [-0.39, 0.29) is 0 Å². The quantitative estimate of drug-likeness (QED) is 0.270. The minimum Gasteiger partial charge on any atom is -0.399 e. The number of aromatic nitrogens is 4. The predicted molar refractivity (Wildman–Crippen MR) is 169 cm³/mol. The van der Waals surface area contributed by atoms with Crippen LogP contribution in [0, 0.1) is 0 Å². The molecule has 1 saturated carbocycles. The molecule has 2 atom stereocenters. The third-order valence-corrected chi connectivity index (χ3v) is 10.4. The molecule has 226 valence electrons. The van der Waals surface area contributed by atoms with Crippen molar-refractivity contribution in [2.45, 2.75) is 102 Å². The van der Waals surface area contributed by atoms with Gasteiger partial charge >= 0.3 is 14.2 Å². The average Bonchev–Trinajstić information content (AvgIpc) is 3.40. The SMILES string of the molecule is COCCn1ncc2ccc(B3OC(C)(C)C(C)(CCC4(C)OB(c5ccc6c(cnn6C6CC6)c5)OC4(C)C)O3)cc21. The van der Waals surface area contributed by atoms with Crippen LogP contribution in [0.4, 0.5) is 0 Å². The van der Waals surface area contributed by atoms with Crippen molar-refractivity contribution in [1.29, 1.82) is 0 Å². The van der Waals surface area contributed by atoms with Crippen molar-refractivity contribution in [1.82, 2.24) is 19.6 Å². The molecule has 2 aromatic heterocycles. The molecule has 0 amide bonds. The molecule has 2 aliphatic heterocycles. The fourth-order valence-corrected chi connectivity index (χ4v) is 6.48. The van der Waals surface area contributed by atoms with Gasteiger partial charge in [-0.05, 0) is 90.3 Å². The van der Waals surface area contributed by atoms with E-state index in [2.05, 4.69) is 92.8 Å². The molecule has 3 fully saturated rings. The van der Waals surface area contributed by atoms with Crippen LogP contribution < -0.4 is 10.9 Å². The highest BCUT2D eigenvalue weighted by Crippen LogP contribution is 2.46. The Morgan fingerprint density at radius 3 is 2.00 bits per heavy atom. The smallest absolute Gasteiger partial charge is 0.399 e. The summed E-state index contributed by atoms with van der Waals surface area (Å²) >= 11 is 0. The molecule has 43 heavy (non-hydrogen) atoms. The zero-order chi connectivity index (χ0) is 30.2. The van der Waals surface area contributed by atoms with Crippen molar-refractivity contribution in [2.75, 3.05) is 13.7 Å². The first kappa shape index (κ1) is 29.0. The van der Waals surface area contributed by atoms with Crippen LogP contribution in [0.5, 0.6) is 0 Å². The standard InChI is InChI=1S/C32H42B2N4O5/c1-29(2)31(5,42-33(40-29)24-10-13-27-23(18-24)21-36-38(27)26-11-12-26)14-15-32(6)30(3,4)41-34(43-32)25-9-8-22-20-35-37(16-17-39-7)28(22)19-25/h8-10,13,18-21,26H,11-12,14-17H2,1-7H3. The van der Waals surface area contributed by atoms with E-state index >= 15 is 0 Å². The number of fused-ring (bicyclic) bond motifs is 2. The Kier molecular flexibility index (Phi) is 6.87. The van der Waals surface area contributed by atoms with E-state index in [1.54, 1.807) is 7.11 Å². The van der Waals surface area contributed by atoms with E-state index < -0.39 is 36.6 Å². The molecule has 3 aliphatic rings. The van der Waals surface area contributed by atoms with Gasteiger partial charge in [-0.25, -0.2) is 0 Å². The van der Waals surface area contributed by atoms with Gasteiger partial charge in [-0.3, -0.25) is 9.36 Å². The first-order valence-corrected chi connectivity index (χ1v) is 15.5. The van der Waals surface area contributed by atoms with E-state index in [1.165, 1.54) is 18.4 Å². The van der Waals surface area contributed by atoms with Gasteiger partial charge in [0.05, 0.1) is 65.0 Å². The number of benzene rings is 2. The lowest BCUT2D eigenvalue weighted by Crippen LogP contribution is -2.50. The maximum atomic E-state index is 6.77. The summed E-state index contributed by atoms with van der Waals surface area (Å²) in [6.45, 7) is 14.1. The van der Waals surface area contributed by atoms with Crippen molar-refractivity contribution in [3.63, 3.8) is 0 Å². The third kappa shape index (κ3) is 4.93. The van der Waals surface area contributed by atoms with Gasteiger partial charge < -0.3 is 23.4 Å². The Morgan fingerprint density at radius 1 is 0.767 bits per heavy atom. The number of hydrogen-bond donors (Lipinski definition) is 0. The molecule has 0 bridgehead atoms. The van der Waals surface area contributed by atoms with Crippen LogP contribution in [0.25, 0.3) is 21.8 Å². The van der Waals surface area contributed by atoms with Crippen LogP contribution in [0.1, 0.15) is 73.3 Å². The minimum atomic E-state index is -0.542. The molecule has 1 aliphatic carbocycles. The van der Waals surface area contributed by atoms with Crippen molar-refractivity contribution >= 4 is 47.0 Å². The molecule has 7 rings (SSSR count). The summed E-state index contributed by atoms with van der Waals surface area (Å²) < 4.78 is 36.1. The van der Waals surface area contributed by atoms with Crippen LogP contribution in [-0.2, 0) is 29.9 Å². The molecular formula is C32H42B2N4O5. The third-order valence-electron chi connectivity index (χ3n) is 10.4. The van der Waals surface area contributed by atoms with Gasteiger partial charge in [0, 0.05) is 17.9 Å². The minimum absolute atomic E-state index is 0.447. The summed E-state index contributed by atoms with van der Waals surface area (Å²) in [4.78, 5) is 0. The number of rotatable bonds is 9. The lowest BCUT2D eigenvalue weighted by atomic mass is 9.76. The summed E-state index contributed by atoms with van der Waals surface area (Å²) in [6, 6.07) is 13.3. The maximum absolute atomic E-state index is 6.77. The second-order valence-corrected chi connectivity index (χ2v) is 13.9. The topological polar surface area (TPSA) is 81.8 Å². The highest BCUT2D eigenvalue weighted by Gasteiger charge is 2.58. The van der Waals surface area contributed by atoms with Gasteiger partial charge in [-0.2, -0.15) is 10.2 Å². The number of nitrogens with zero attached hydrogens (tertiary/aromatic N) is 4. The average molecular weight is 584 g/mol. The summed E-state index contributed by atoms with van der Waals surface area (Å²) in [5.74, 6) is 0. The van der Waals surface area contributed by atoms with Crippen molar-refractivity contribution in [3.05, 3.63) is 48.8 Å². The monoisotopic (exact) mass is 584 g/mol. The summed E-state index contributed by atoms with van der Waals surface area (Å²) in [7, 11) is 0.778. The van der Waals surface area contributed by atoms with E-state index in [1.807, 2.05) is 17.1 Å². The van der Waals surface area contributed by atoms with Crippen molar-refractivity contribution in [3.8, 4) is 0 Å². The van der Waals surface area contributed by atoms with Gasteiger partial charge in [0.1, 0.15) is 0 Å². The fourth-order valence-electron chi connectivity index (χ4n) is 6.48. The van der Waals surface area contributed by atoms with Gasteiger partial charge in [0.2, 0.25) is 0 Å². The predicted octanol–water partition coefficient (Wildman–Crippen LogP) is 4.41. The van der Waals surface area contributed by atoms with E-state index in [9.17, 15) is 0 Å². The lowest BCUT2D eigenvalue weighted by molar-refractivity contribution is -0.0576. The molecule has 2 saturated heterocycles. The van der Waals surface area contributed by atoms with E-state index in [4.69, 9.17) is 23.4 Å². The summed E-state index contributed by atoms with van der Waals surface area (Å²) in [5, 5.41) is 11.4. The van der Waals surface area contributed by atoms with Gasteiger partial charge in [-0.1, -0.05) is 24.3 Å². The zero-order valence-electron chi connectivity index (χ0n) is 26.4. The summed E-state index contributed by atoms with van der Waals surface area (Å²) in [6.07, 6.45) is 7.75. The Morgan fingerprint density at radius 2 is 1.37 bits per heavy atom. The molecule has 2 unspecified atom stereocenters. The molecular weight excluding hydrogens is 542 g/mol. The van der Waals surface area contributed by atoms with Crippen LogP contribution >= 0.6 is 0 Å². The lowest BCUT2D eigenvalue weighted by Gasteiger charge is -2.42. The highest BCUT2D eigenvalue weighted by molar-refractivity contribution is 6.62. The molecule has 4 heterocycles. The molecule has 9 nitrogen and oxygen atoms in total. The van der Waals surface area contributed by atoms with Gasteiger partial charge in [-0.15, -0.1) is 0 Å². The molecule has 0 spiro atoms. The Balaban J connectivity index is 1.07. The zero-order valence-corrected chi connectivity index (χ0v) is 26.4. The largest absolute Gasteiger partial charge is 0.494 e. The van der Waals surface area contributed by atoms with Gasteiger partial charge in [0.25, 0.3) is 0 Å². The van der Waals surface area contributed by atoms with Crippen molar-refractivity contribution < 1.29 is 23.4 Å².